The van der Waals surface area contributed by atoms with Gasteiger partial charge in [-0.15, -0.1) is 10.2 Å². The first-order chi connectivity index (χ1) is 10.3. The summed E-state index contributed by atoms with van der Waals surface area (Å²) in [6, 6.07) is 9.46. The Balaban J connectivity index is 1.85. The van der Waals surface area contributed by atoms with Gasteiger partial charge in [-0.3, -0.25) is 9.78 Å². The van der Waals surface area contributed by atoms with Gasteiger partial charge in [-0.25, -0.2) is 0 Å². The molecule has 0 aliphatic heterocycles. The highest BCUT2D eigenvalue weighted by Crippen LogP contribution is 2.22. The first kappa shape index (κ1) is 13.4. The monoisotopic (exact) mass is 299 g/mol. The maximum atomic E-state index is 12.2. The van der Waals surface area contributed by atoms with Gasteiger partial charge in [0.15, 0.2) is 0 Å². The molecule has 0 spiro atoms. The van der Waals surface area contributed by atoms with Crippen molar-refractivity contribution in [3.63, 3.8) is 0 Å². The highest BCUT2D eigenvalue weighted by atomic mass is 32.1. The van der Waals surface area contributed by atoms with E-state index in [1.807, 2.05) is 37.3 Å². The van der Waals surface area contributed by atoms with Crippen LogP contribution in [0.1, 0.15) is 16.7 Å². The van der Waals surface area contributed by atoms with Gasteiger partial charge in [0, 0.05) is 18.1 Å². The summed E-state index contributed by atoms with van der Waals surface area (Å²) < 4.78 is 0. The molecular weight excluding hydrogens is 286 g/mol. The number of rotatable bonds is 4. The zero-order valence-electron chi connectivity index (χ0n) is 11.3. The summed E-state index contributed by atoms with van der Waals surface area (Å²) in [5, 5.41) is 15.6. The lowest BCUT2D eigenvalue weighted by molar-refractivity contribution is 0.102. The topological polar surface area (TPSA) is 79.8 Å². The van der Waals surface area contributed by atoms with Crippen LogP contribution in [0.25, 0.3) is 10.9 Å². The minimum atomic E-state index is -0.283. The molecule has 0 radical (unpaired) electrons. The van der Waals surface area contributed by atoms with Crippen LogP contribution in [0.4, 0.5) is 10.8 Å². The number of hydrogen-bond acceptors (Lipinski definition) is 6. The van der Waals surface area contributed by atoms with Crippen LogP contribution in [-0.2, 0) is 0 Å². The third-order valence-corrected chi connectivity index (χ3v) is 3.71. The molecule has 0 aliphatic carbocycles. The third kappa shape index (κ3) is 2.82. The van der Waals surface area contributed by atoms with Gasteiger partial charge in [-0.05, 0) is 19.1 Å². The number of benzene rings is 1. The predicted octanol–water partition coefficient (Wildman–Crippen LogP) is 2.77. The molecule has 0 aliphatic rings. The summed E-state index contributed by atoms with van der Waals surface area (Å²) in [5.74, 6) is -0.283. The van der Waals surface area contributed by atoms with Gasteiger partial charge in [0.25, 0.3) is 5.91 Å². The second-order valence-electron chi connectivity index (χ2n) is 4.28. The number of anilines is 2. The Labute approximate surface area is 125 Å². The standard InChI is InChI=1S/C14H13N5OS/c1-2-15-14-19-18-13(21-14)12(20)17-10-7-3-5-9-6-4-8-16-11(9)10/h3-8H,2H2,1H3,(H,15,19)(H,17,20). The largest absolute Gasteiger partial charge is 0.360 e. The summed E-state index contributed by atoms with van der Waals surface area (Å²) in [5.41, 5.74) is 1.42. The summed E-state index contributed by atoms with van der Waals surface area (Å²) in [7, 11) is 0. The number of aromatic nitrogens is 3. The minimum Gasteiger partial charge on any atom is -0.360 e. The van der Waals surface area contributed by atoms with Crippen LogP contribution in [-0.4, -0.2) is 27.6 Å². The maximum absolute atomic E-state index is 12.2. The van der Waals surface area contributed by atoms with Gasteiger partial charge in [-0.2, -0.15) is 0 Å². The normalized spacial score (nSPS) is 10.5. The maximum Gasteiger partial charge on any atom is 0.286 e. The fourth-order valence-corrected chi connectivity index (χ4v) is 2.63. The molecule has 0 saturated heterocycles. The van der Waals surface area contributed by atoms with Gasteiger partial charge in [0.1, 0.15) is 0 Å². The van der Waals surface area contributed by atoms with Gasteiger partial charge in [0.05, 0.1) is 11.2 Å². The van der Waals surface area contributed by atoms with Crippen LogP contribution >= 0.6 is 11.3 Å². The number of amides is 1. The van der Waals surface area contributed by atoms with E-state index in [2.05, 4.69) is 25.8 Å². The van der Waals surface area contributed by atoms with Crippen molar-refractivity contribution < 1.29 is 4.79 Å². The second kappa shape index (κ2) is 5.84. The molecule has 7 heteroatoms. The van der Waals surface area contributed by atoms with Crippen molar-refractivity contribution in [3.8, 4) is 0 Å². The molecule has 0 unspecified atom stereocenters. The quantitative estimate of drug-likeness (QED) is 0.774. The molecule has 2 heterocycles. The van der Waals surface area contributed by atoms with E-state index < -0.39 is 0 Å². The van der Waals surface area contributed by atoms with Crippen molar-refractivity contribution in [1.82, 2.24) is 15.2 Å². The molecule has 0 fully saturated rings. The molecule has 0 saturated carbocycles. The molecule has 1 aromatic carbocycles. The predicted molar refractivity (Wildman–Crippen MR) is 83.8 cm³/mol. The Bertz CT molecular complexity index is 780. The Morgan fingerprint density at radius 1 is 1.24 bits per heavy atom. The average Bonchev–Trinajstić information content (AvgIpc) is 2.97. The van der Waals surface area contributed by atoms with Gasteiger partial charge >= 0.3 is 0 Å². The van der Waals surface area contributed by atoms with Crippen LogP contribution in [0.5, 0.6) is 0 Å². The van der Waals surface area contributed by atoms with E-state index in [4.69, 9.17) is 0 Å². The Hall–Kier alpha value is -2.54. The Morgan fingerprint density at radius 2 is 2.10 bits per heavy atom. The molecule has 0 atom stereocenters. The lowest BCUT2D eigenvalue weighted by Gasteiger charge is -2.05. The van der Waals surface area contributed by atoms with Gasteiger partial charge in [-0.1, -0.05) is 29.5 Å². The molecule has 6 nitrogen and oxygen atoms in total. The number of pyridine rings is 1. The molecule has 1 amide bonds. The molecule has 21 heavy (non-hydrogen) atoms. The molecule has 106 valence electrons. The lowest BCUT2D eigenvalue weighted by Crippen LogP contribution is -2.12. The summed E-state index contributed by atoms with van der Waals surface area (Å²) >= 11 is 1.22. The molecular formula is C14H13N5OS. The van der Waals surface area contributed by atoms with E-state index >= 15 is 0 Å². The third-order valence-electron chi connectivity index (χ3n) is 2.83. The second-order valence-corrected chi connectivity index (χ2v) is 5.26. The number of nitrogens with one attached hydrogen (secondary N) is 2. The number of nitrogens with zero attached hydrogens (tertiary/aromatic N) is 3. The van der Waals surface area contributed by atoms with Crippen LogP contribution in [0.2, 0.25) is 0 Å². The Kier molecular flexibility index (Phi) is 3.74. The molecule has 3 rings (SSSR count). The number of carbonyl (C=O) groups excluding carboxylic acids is 1. The van der Waals surface area contributed by atoms with Crippen molar-refractivity contribution in [1.29, 1.82) is 0 Å². The first-order valence-corrected chi connectivity index (χ1v) is 7.32. The average molecular weight is 299 g/mol. The molecule has 2 aromatic heterocycles. The van der Waals surface area contributed by atoms with Gasteiger partial charge < -0.3 is 10.6 Å². The van der Waals surface area contributed by atoms with Crippen molar-refractivity contribution in [2.45, 2.75) is 6.92 Å². The Morgan fingerprint density at radius 3 is 2.95 bits per heavy atom. The van der Waals surface area contributed by atoms with Crippen LogP contribution < -0.4 is 10.6 Å². The van der Waals surface area contributed by atoms with Crippen LogP contribution in [0, 0.1) is 0 Å². The zero-order chi connectivity index (χ0) is 14.7. The van der Waals surface area contributed by atoms with Gasteiger partial charge in [0.2, 0.25) is 10.1 Å². The summed E-state index contributed by atoms with van der Waals surface area (Å²) in [6.45, 7) is 2.70. The van der Waals surface area contributed by atoms with Crippen molar-refractivity contribution in [2.75, 3.05) is 17.2 Å². The fourth-order valence-electron chi connectivity index (χ4n) is 1.92. The smallest absolute Gasteiger partial charge is 0.286 e. The van der Waals surface area contributed by atoms with Crippen LogP contribution in [0.15, 0.2) is 36.5 Å². The minimum absolute atomic E-state index is 0.283. The first-order valence-electron chi connectivity index (χ1n) is 6.50. The van der Waals surface area contributed by atoms with E-state index in [9.17, 15) is 4.79 Å². The van der Waals surface area contributed by atoms with E-state index in [1.54, 1.807) is 6.20 Å². The molecule has 3 aromatic rings. The van der Waals surface area contributed by atoms with Crippen molar-refractivity contribution >= 4 is 39.0 Å². The van der Waals surface area contributed by atoms with E-state index in [-0.39, 0.29) is 5.91 Å². The van der Waals surface area contributed by atoms with Crippen molar-refractivity contribution in [3.05, 3.63) is 41.5 Å². The van der Waals surface area contributed by atoms with Crippen molar-refractivity contribution in [2.24, 2.45) is 0 Å². The van der Waals surface area contributed by atoms with E-state index in [1.165, 1.54) is 11.3 Å². The number of para-hydroxylation sites is 1. The summed E-state index contributed by atoms with van der Waals surface area (Å²) in [4.78, 5) is 16.5. The summed E-state index contributed by atoms with van der Waals surface area (Å²) in [6.07, 6.45) is 1.70. The van der Waals surface area contributed by atoms with E-state index in [0.717, 1.165) is 17.4 Å². The molecule has 2 N–H and O–H groups in total. The van der Waals surface area contributed by atoms with Crippen LogP contribution in [0.3, 0.4) is 0 Å². The highest BCUT2D eigenvalue weighted by molar-refractivity contribution is 7.17. The SMILES string of the molecule is CCNc1nnc(C(=O)Nc2cccc3cccnc23)s1. The zero-order valence-corrected chi connectivity index (χ0v) is 12.1. The number of hydrogen-bond donors (Lipinski definition) is 2. The fraction of sp³-hybridized carbons (Fsp3) is 0.143. The number of carbonyl (C=O) groups is 1. The number of fused-ring (bicyclic) bond motifs is 1. The highest BCUT2D eigenvalue weighted by Gasteiger charge is 2.14. The molecule has 0 bridgehead atoms. The van der Waals surface area contributed by atoms with E-state index in [0.29, 0.717) is 15.8 Å². The lowest BCUT2D eigenvalue weighted by atomic mass is 10.2.